The molecule has 0 aromatic rings. The Morgan fingerprint density at radius 1 is 1.50 bits per heavy atom. The highest BCUT2D eigenvalue weighted by Gasteiger charge is 2.52. The second-order valence-electron chi connectivity index (χ2n) is 3.58. The molecule has 1 aliphatic carbocycles. The van der Waals surface area contributed by atoms with Crippen molar-refractivity contribution >= 4 is 11.9 Å². The van der Waals surface area contributed by atoms with Crippen LogP contribution in [0.15, 0.2) is 23.2 Å². The molecule has 5 nitrogen and oxygen atoms in total. The van der Waals surface area contributed by atoms with Gasteiger partial charge in [0.15, 0.2) is 11.5 Å². The number of rotatable bonds is 2. The average Bonchev–Trinajstić information content (AvgIpc) is 2.83. The summed E-state index contributed by atoms with van der Waals surface area (Å²) in [5.41, 5.74) is -1.14. The van der Waals surface area contributed by atoms with Crippen molar-refractivity contribution in [2.45, 2.75) is 13.3 Å². The van der Waals surface area contributed by atoms with Gasteiger partial charge in [-0.15, -0.1) is 0 Å². The lowest BCUT2D eigenvalue weighted by atomic mass is 9.80. The van der Waals surface area contributed by atoms with Crippen LogP contribution in [0.2, 0.25) is 0 Å². The van der Waals surface area contributed by atoms with E-state index in [0.29, 0.717) is 11.5 Å². The highest BCUT2D eigenvalue weighted by Crippen LogP contribution is 2.50. The van der Waals surface area contributed by atoms with Crippen LogP contribution in [0.25, 0.3) is 0 Å². The zero-order valence-electron chi connectivity index (χ0n) is 7.40. The summed E-state index contributed by atoms with van der Waals surface area (Å²) in [5.74, 6) is -1.39. The minimum atomic E-state index is -1.21. The Morgan fingerprint density at radius 2 is 2.14 bits per heavy atom. The van der Waals surface area contributed by atoms with Gasteiger partial charge in [0.05, 0.1) is 0 Å². The number of ether oxygens (including phenoxy) is 1. The standard InChI is InChI=1S/C9H8O5/c1-9(8(12)13)3-4(7(10)11)2-5-6(9)14-5/h2H,3H2,1H3,(H,10,11)(H,12,13). The second kappa shape index (κ2) is 2.37. The Hall–Kier alpha value is -1.78. The van der Waals surface area contributed by atoms with Crippen molar-refractivity contribution in [1.82, 2.24) is 0 Å². The maximum atomic E-state index is 10.9. The molecule has 1 unspecified atom stereocenters. The van der Waals surface area contributed by atoms with Gasteiger partial charge in [0.25, 0.3) is 0 Å². The van der Waals surface area contributed by atoms with E-state index in [1.54, 1.807) is 0 Å². The van der Waals surface area contributed by atoms with Crippen LogP contribution in [0.1, 0.15) is 13.3 Å². The summed E-state index contributed by atoms with van der Waals surface area (Å²) in [5, 5.41) is 17.7. The van der Waals surface area contributed by atoms with E-state index in [9.17, 15) is 9.59 Å². The van der Waals surface area contributed by atoms with Gasteiger partial charge in [-0.25, -0.2) is 4.79 Å². The molecule has 0 aromatic heterocycles. The van der Waals surface area contributed by atoms with Crippen LogP contribution < -0.4 is 0 Å². The fourth-order valence-corrected chi connectivity index (χ4v) is 1.54. The molecule has 5 heteroatoms. The molecule has 74 valence electrons. The Balaban J connectivity index is 2.38. The predicted octanol–water partition coefficient (Wildman–Crippen LogP) is 0.734. The third-order valence-electron chi connectivity index (χ3n) is 2.49. The molecule has 14 heavy (non-hydrogen) atoms. The van der Waals surface area contributed by atoms with Crippen LogP contribution in [0.4, 0.5) is 0 Å². The van der Waals surface area contributed by atoms with Crippen LogP contribution in [0.3, 0.4) is 0 Å². The fourth-order valence-electron chi connectivity index (χ4n) is 1.54. The zero-order valence-corrected chi connectivity index (χ0v) is 7.40. The topological polar surface area (TPSA) is 87.1 Å². The SMILES string of the molecule is CC1(C(=O)O)CC(C(=O)O)=CC2=C1O2. The molecule has 2 N–H and O–H groups in total. The van der Waals surface area contributed by atoms with E-state index in [0.717, 1.165) is 0 Å². The number of carbonyl (C=O) groups is 2. The van der Waals surface area contributed by atoms with Gasteiger partial charge in [-0.2, -0.15) is 0 Å². The molecule has 0 spiro atoms. The second-order valence-corrected chi connectivity index (χ2v) is 3.58. The Labute approximate surface area is 79.3 Å². The largest absolute Gasteiger partial charge is 0.480 e. The molecule has 0 aromatic carbocycles. The predicted molar refractivity (Wildman–Crippen MR) is 44.2 cm³/mol. The molecule has 0 saturated carbocycles. The van der Waals surface area contributed by atoms with E-state index in [-0.39, 0.29) is 12.0 Å². The molecule has 2 rings (SSSR count). The number of carboxylic acids is 2. The lowest BCUT2D eigenvalue weighted by Crippen LogP contribution is -2.29. The van der Waals surface area contributed by atoms with E-state index in [1.807, 2.05) is 0 Å². The lowest BCUT2D eigenvalue weighted by molar-refractivity contribution is -0.146. The fraction of sp³-hybridized carbons (Fsp3) is 0.333. The number of allylic oxidation sites excluding steroid dienone is 1. The summed E-state index contributed by atoms with van der Waals surface area (Å²) >= 11 is 0. The van der Waals surface area contributed by atoms with Crippen molar-refractivity contribution < 1.29 is 24.5 Å². The molecule has 2 aliphatic rings. The minimum Gasteiger partial charge on any atom is -0.480 e. The van der Waals surface area contributed by atoms with E-state index in [1.165, 1.54) is 13.0 Å². The lowest BCUT2D eigenvalue weighted by Gasteiger charge is -2.20. The molecule has 1 atom stereocenters. The van der Waals surface area contributed by atoms with E-state index in [2.05, 4.69) is 0 Å². The van der Waals surface area contributed by atoms with Crippen LogP contribution in [-0.2, 0) is 14.3 Å². The van der Waals surface area contributed by atoms with Crippen LogP contribution >= 0.6 is 0 Å². The summed E-state index contributed by atoms with van der Waals surface area (Å²) in [6.07, 6.45) is 1.35. The summed E-state index contributed by atoms with van der Waals surface area (Å²) in [6, 6.07) is 0. The summed E-state index contributed by atoms with van der Waals surface area (Å²) in [4.78, 5) is 21.6. The first-order valence-electron chi connectivity index (χ1n) is 4.05. The molecule has 1 heterocycles. The molecule has 1 aliphatic heterocycles. The maximum Gasteiger partial charge on any atom is 0.331 e. The summed E-state index contributed by atoms with van der Waals surface area (Å²) in [7, 11) is 0. The van der Waals surface area contributed by atoms with Crippen molar-refractivity contribution in [3.05, 3.63) is 23.2 Å². The van der Waals surface area contributed by atoms with Gasteiger partial charge in [-0.1, -0.05) is 0 Å². The first kappa shape index (κ1) is 8.80. The normalized spacial score (nSPS) is 28.8. The monoisotopic (exact) mass is 196 g/mol. The molecule has 0 radical (unpaired) electrons. The average molecular weight is 196 g/mol. The molecule has 0 bridgehead atoms. The number of hydrogen-bond donors (Lipinski definition) is 2. The third kappa shape index (κ3) is 1.02. The number of aliphatic carboxylic acids is 2. The zero-order chi connectivity index (χ0) is 10.5. The maximum absolute atomic E-state index is 10.9. The van der Waals surface area contributed by atoms with Crippen molar-refractivity contribution in [1.29, 1.82) is 0 Å². The van der Waals surface area contributed by atoms with Gasteiger partial charge in [0.1, 0.15) is 5.41 Å². The number of hydrogen-bond acceptors (Lipinski definition) is 3. The summed E-state index contributed by atoms with van der Waals surface area (Å²) < 4.78 is 4.95. The smallest absolute Gasteiger partial charge is 0.331 e. The number of carboxylic acid groups (broad SMARTS) is 2. The highest BCUT2D eigenvalue weighted by molar-refractivity contribution is 5.91. The van der Waals surface area contributed by atoms with Crippen molar-refractivity contribution in [2.75, 3.05) is 0 Å². The van der Waals surface area contributed by atoms with Crippen molar-refractivity contribution in [2.24, 2.45) is 5.41 Å². The molecule has 0 saturated heterocycles. The molecular weight excluding hydrogens is 188 g/mol. The third-order valence-corrected chi connectivity index (χ3v) is 2.49. The first-order chi connectivity index (χ1) is 6.45. The Kier molecular flexibility index (Phi) is 1.49. The van der Waals surface area contributed by atoms with Gasteiger partial charge >= 0.3 is 11.9 Å². The van der Waals surface area contributed by atoms with Crippen LogP contribution in [0, 0.1) is 5.41 Å². The molecule has 0 amide bonds. The Morgan fingerprint density at radius 3 is 2.64 bits per heavy atom. The van der Waals surface area contributed by atoms with Gasteiger partial charge in [-0.3, -0.25) is 4.79 Å². The van der Waals surface area contributed by atoms with E-state index in [4.69, 9.17) is 14.9 Å². The van der Waals surface area contributed by atoms with Gasteiger partial charge in [0, 0.05) is 12.0 Å². The minimum absolute atomic E-state index is 0.0312. The van der Waals surface area contributed by atoms with Crippen LogP contribution in [-0.4, -0.2) is 22.2 Å². The highest BCUT2D eigenvalue weighted by atomic mass is 16.6. The van der Waals surface area contributed by atoms with E-state index >= 15 is 0 Å². The van der Waals surface area contributed by atoms with E-state index < -0.39 is 17.4 Å². The van der Waals surface area contributed by atoms with Crippen molar-refractivity contribution in [3.8, 4) is 0 Å². The summed E-state index contributed by atoms with van der Waals surface area (Å²) in [6.45, 7) is 1.47. The van der Waals surface area contributed by atoms with Crippen molar-refractivity contribution in [3.63, 3.8) is 0 Å². The molecular formula is C9H8O5. The van der Waals surface area contributed by atoms with Gasteiger partial charge < -0.3 is 14.9 Å². The van der Waals surface area contributed by atoms with Gasteiger partial charge in [0.2, 0.25) is 0 Å². The Bertz CT molecular complexity index is 403. The first-order valence-corrected chi connectivity index (χ1v) is 4.05. The van der Waals surface area contributed by atoms with Crippen LogP contribution in [0.5, 0.6) is 0 Å². The molecule has 0 fully saturated rings. The van der Waals surface area contributed by atoms with Gasteiger partial charge in [-0.05, 0) is 13.0 Å². The quantitative estimate of drug-likeness (QED) is 0.679.